The largest absolute Gasteiger partial charge is 0.508 e. The minimum absolute atomic E-state index is 0. The fourth-order valence-electron chi connectivity index (χ4n) is 0.736. The van der Waals surface area contributed by atoms with Gasteiger partial charge in [0.2, 0.25) is 0 Å². The summed E-state index contributed by atoms with van der Waals surface area (Å²) in [6.07, 6.45) is 1.56. The molecule has 66 valence electrons. The van der Waals surface area contributed by atoms with Gasteiger partial charge in [-0.15, -0.1) is 0 Å². The molecule has 0 aromatic heterocycles. The number of benzene rings is 1. The second kappa shape index (κ2) is 6.41. The van der Waals surface area contributed by atoms with E-state index in [0.29, 0.717) is 5.56 Å². The Balaban J connectivity index is 0. The van der Waals surface area contributed by atoms with Crippen LogP contribution in [0.5, 0.6) is 11.5 Å². The Morgan fingerprint density at radius 1 is 1.00 bits per heavy atom. The van der Waals surface area contributed by atoms with E-state index in [1.165, 1.54) is 18.2 Å². The van der Waals surface area contributed by atoms with Gasteiger partial charge in [-0.2, -0.15) is 0 Å². The molecule has 0 aliphatic carbocycles. The monoisotopic (exact) mass is 510 g/mol. The van der Waals surface area contributed by atoms with Crippen molar-refractivity contribution in [1.82, 2.24) is 0 Å². The van der Waals surface area contributed by atoms with Gasteiger partial charge in [0.25, 0.3) is 0 Å². The van der Waals surface area contributed by atoms with Crippen molar-refractivity contribution >= 4 is 6.08 Å². The molecule has 1 aromatic rings. The Morgan fingerprint density at radius 3 is 1.75 bits per heavy atom. The van der Waals surface area contributed by atoms with Gasteiger partial charge in [0, 0.05) is 46.9 Å². The van der Waals surface area contributed by atoms with E-state index in [0.717, 1.165) is 0 Å². The number of aromatic hydroxyl groups is 2. The second-order valence-corrected chi connectivity index (χ2v) is 1.99. The summed E-state index contributed by atoms with van der Waals surface area (Å²) in [5, 5.41) is 17.8. The van der Waals surface area contributed by atoms with Gasteiger partial charge in [0.15, 0.2) is 0 Å². The normalized spacial score (nSPS) is 7.67. The zero-order valence-corrected chi connectivity index (χ0v) is 11.6. The molecule has 0 heterocycles. The van der Waals surface area contributed by atoms with E-state index in [1.807, 2.05) is 0 Å². The quantitative estimate of drug-likeness (QED) is 0.607. The molecular weight excluding hydrogens is 500 g/mol. The van der Waals surface area contributed by atoms with Crippen molar-refractivity contribution in [3.63, 3.8) is 0 Å². The Bertz CT molecular complexity index is 241. The molecule has 2 N–H and O–H groups in total. The molecule has 0 aliphatic heterocycles. The van der Waals surface area contributed by atoms with Gasteiger partial charge in [-0.1, -0.05) is 12.7 Å². The van der Waals surface area contributed by atoms with Gasteiger partial charge < -0.3 is 10.2 Å². The average Bonchev–Trinajstić information content (AvgIpc) is 1.85. The second-order valence-electron chi connectivity index (χ2n) is 1.99. The van der Waals surface area contributed by atoms with Gasteiger partial charge in [-0.3, -0.25) is 0 Å². The molecule has 0 saturated heterocycles. The van der Waals surface area contributed by atoms with Gasteiger partial charge in [0.05, 0.1) is 0 Å². The summed E-state index contributed by atoms with van der Waals surface area (Å²) in [5.41, 5.74) is 0.706. The summed E-state index contributed by atoms with van der Waals surface area (Å²) in [4.78, 5) is 0. The minimum atomic E-state index is 0. The van der Waals surface area contributed by atoms with E-state index in [9.17, 15) is 0 Å². The van der Waals surface area contributed by atoms with Gasteiger partial charge in [-0.05, 0) is 17.7 Å². The van der Waals surface area contributed by atoms with Crippen LogP contribution in [0.2, 0.25) is 0 Å². The molecule has 0 amide bonds. The topological polar surface area (TPSA) is 40.5 Å². The van der Waals surface area contributed by atoms with Crippen molar-refractivity contribution < 1.29 is 51.1 Å². The van der Waals surface area contributed by atoms with Crippen molar-refractivity contribution in [1.29, 1.82) is 0 Å². The van der Waals surface area contributed by atoms with Crippen LogP contribution in [0.3, 0.4) is 0 Å². The van der Waals surface area contributed by atoms with Crippen LogP contribution in [0.15, 0.2) is 24.8 Å². The number of hydrogen-bond donors (Lipinski definition) is 2. The van der Waals surface area contributed by atoms with E-state index >= 15 is 0 Å². The molecule has 2 nitrogen and oxygen atoms in total. The molecule has 0 fully saturated rings. The molecule has 1 aromatic carbocycles. The fraction of sp³-hybridized carbons (Fsp3) is 0. The SMILES string of the molecule is C=Cc1cc(O)cc(O)c1.[Re].[Re]. The number of phenolic OH excluding ortho intramolecular Hbond substituents is 2. The number of rotatable bonds is 1. The van der Waals surface area contributed by atoms with E-state index < -0.39 is 0 Å². The van der Waals surface area contributed by atoms with Crippen molar-refractivity contribution in [2.75, 3.05) is 0 Å². The van der Waals surface area contributed by atoms with Crippen LogP contribution >= 0.6 is 0 Å². The summed E-state index contributed by atoms with van der Waals surface area (Å²) in [6, 6.07) is 4.31. The first-order valence-electron chi connectivity index (χ1n) is 2.88. The molecule has 1 rings (SSSR count). The standard InChI is InChI=1S/C8H8O2.2Re/c1-2-6-3-7(9)5-8(10)4-6;;/h2-5,9-10H,1H2;;. The van der Waals surface area contributed by atoms with E-state index in [4.69, 9.17) is 10.2 Å². The average molecular weight is 509 g/mol. The van der Waals surface area contributed by atoms with Crippen LogP contribution < -0.4 is 0 Å². The van der Waals surface area contributed by atoms with Crippen molar-refractivity contribution in [2.45, 2.75) is 0 Å². The fourth-order valence-corrected chi connectivity index (χ4v) is 0.736. The smallest absolute Gasteiger partial charge is 0.119 e. The van der Waals surface area contributed by atoms with Crippen LogP contribution in [0, 0.1) is 0 Å². The molecule has 12 heavy (non-hydrogen) atoms. The van der Waals surface area contributed by atoms with Crippen LogP contribution in [0.1, 0.15) is 5.56 Å². The Hall–Kier alpha value is -0.115. The first kappa shape index (κ1) is 14.4. The van der Waals surface area contributed by atoms with Crippen molar-refractivity contribution in [3.8, 4) is 11.5 Å². The molecule has 0 unspecified atom stereocenters. The summed E-state index contributed by atoms with van der Waals surface area (Å²) in [6.45, 7) is 3.49. The maximum absolute atomic E-state index is 8.92. The zero-order valence-electron chi connectivity index (χ0n) is 6.17. The maximum atomic E-state index is 8.92. The Labute approximate surface area is 98.6 Å². The number of hydrogen-bond acceptors (Lipinski definition) is 2. The van der Waals surface area contributed by atoms with Crippen molar-refractivity contribution in [3.05, 3.63) is 30.3 Å². The summed E-state index contributed by atoms with van der Waals surface area (Å²) < 4.78 is 0. The maximum Gasteiger partial charge on any atom is 0.119 e. The summed E-state index contributed by atoms with van der Waals surface area (Å²) in [7, 11) is 0. The van der Waals surface area contributed by atoms with Crippen LogP contribution in [-0.2, 0) is 40.8 Å². The molecular formula is C8H8O2Re2. The zero-order chi connectivity index (χ0) is 7.56. The van der Waals surface area contributed by atoms with E-state index in [1.54, 1.807) is 6.08 Å². The molecule has 0 saturated carbocycles. The molecule has 0 bridgehead atoms. The molecule has 0 aliphatic rings. The predicted octanol–water partition coefficient (Wildman–Crippen LogP) is 1.74. The number of phenols is 2. The first-order valence-corrected chi connectivity index (χ1v) is 2.88. The molecule has 2 radical (unpaired) electrons. The minimum Gasteiger partial charge on any atom is -0.508 e. The van der Waals surface area contributed by atoms with Crippen molar-refractivity contribution in [2.24, 2.45) is 0 Å². The predicted molar refractivity (Wildman–Crippen MR) is 39.9 cm³/mol. The Kier molecular flexibility index (Phi) is 7.69. The van der Waals surface area contributed by atoms with E-state index in [-0.39, 0.29) is 52.3 Å². The third kappa shape index (κ3) is 4.05. The molecule has 0 spiro atoms. The summed E-state index contributed by atoms with van der Waals surface area (Å²) in [5.74, 6) is 0.102. The van der Waals surface area contributed by atoms with Crippen LogP contribution in [0.25, 0.3) is 6.08 Å². The first-order chi connectivity index (χ1) is 4.72. The molecule has 0 atom stereocenters. The van der Waals surface area contributed by atoms with Gasteiger partial charge in [0.1, 0.15) is 11.5 Å². The van der Waals surface area contributed by atoms with Crippen LogP contribution in [-0.4, -0.2) is 10.2 Å². The van der Waals surface area contributed by atoms with E-state index in [2.05, 4.69) is 6.58 Å². The van der Waals surface area contributed by atoms with Gasteiger partial charge >= 0.3 is 0 Å². The third-order valence-corrected chi connectivity index (χ3v) is 1.16. The Morgan fingerprint density at radius 2 is 1.42 bits per heavy atom. The van der Waals surface area contributed by atoms with Crippen LogP contribution in [0.4, 0.5) is 0 Å². The molecule has 4 heteroatoms. The van der Waals surface area contributed by atoms with Gasteiger partial charge in [-0.25, -0.2) is 0 Å². The third-order valence-electron chi connectivity index (χ3n) is 1.16. The summed E-state index contributed by atoms with van der Waals surface area (Å²) >= 11 is 0.